The van der Waals surface area contributed by atoms with Crippen molar-refractivity contribution < 1.29 is 28.7 Å². The van der Waals surface area contributed by atoms with Gasteiger partial charge >= 0.3 is 25.8 Å². The molecule has 0 spiro atoms. The van der Waals surface area contributed by atoms with Crippen LogP contribution in [0.25, 0.3) is 0 Å². The Bertz CT molecular complexity index is 307. The zero-order valence-corrected chi connectivity index (χ0v) is 16.1. The van der Waals surface area contributed by atoms with Gasteiger partial charge < -0.3 is 2.85 Å². The first-order chi connectivity index (χ1) is 8.86. The van der Waals surface area contributed by atoms with Crippen LogP contribution in [0.2, 0.25) is 0 Å². The molecular formula is C18H28Hf. The second kappa shape index (κ2) is 12.8. The van der Waals surface area contributed by atoms with Crippen molar-refractivity contribution in [1.29, 1.82) is 0 Å². The van der Waals surface area contributed by atoms with E-state index in [9.17, 15) is 0 Å². The molecule has 0 aliphatic heterocycles. The first-order valence-electron chi connectivity index (χ1n) is 7.39. The van der Waals surface area contributed by atoms with Crippen LogP contribution in [0, 0.1) is 12.2 Å². The quantitative estimate of drug-likeness (QED) is 0.366. The van der Waals surface area contributed by atoms with Gasteiger partial charge in [-0.05, 0) is 0 Å². The Hall–Kier alpha value is -0.170. The van der Waals surface area contributed by atoms with E-state index in [-0.39, 0.29) is 28.7 Å². The molecule has 1 heteroatoms. The van der Waals surface area contributed by atoms with Gasteiger partial charge in [0, 0.05) is 0 Å². The summed E-state index contributed by atoms with van der Waals surface area (Å²) in [6, 6.07) is 0. The summed E-state index contributed by atoms with van der Waals surface area (Å²) in [6.45, 7) is 4.44. The Morgan fingerprint density at radius 2 is 1.32 bits per heavy atom. The molecule has 0 aromatic heterocycles. The Kier molecular flexibility index (Phi) is 12.7. The molecule has 0 atom stereocenters. The fourth-order valence-corrected chi connectivity index (χ4v) is 1.98. The molecule has 0 fully saturated rings. The van der Waals surface area contributed by atoms with Crippen molar-refractivity contribution in [2.45, 2.75) is 65.2 Å². The number of unbranched alkanes of at least 4 members (excludes halogenated alkanes) is 2. The van der Waals surface area contributed by atoms with E-state index in [1.54, 1.807) is 0 Å². The van der Waals surface area contributed by atoms with Crippen LogP contribution >= 0.6 is 0 Å². The van der Waals surface area contributed by atoms with E-state index < -0.39 is 0 Å². The third-order valence-electron chi connectivity index (χ3n) is 3.13. The van der Waals surface area contributed by atoms with E-state index in [1.165, 1.54) is 49.7 Å². The van der Waals surface area contributed by atoms with Crippen LogP contribution in [0.4, 0.5) is 0 Å². The van der Waals surface area contributed by atoms with Gasteiger partial charge in [-0.3, -0.25) is 12.2 Å². The smallest absolute Gasteiger partial charge is 1.00 e. The predicted octanol–water partition coefficient (Wildman–Crippen LogP) is 5.95. The molecule has 0 N–H and O–H groups in total. The van der Waals surface area contributed by atoms with Crippen LogP contribution in [0.5, 0.6) is 0 Å². The number of hydrogen-bond acceptors (Lipinski definition) is 0. The molecule has 2 aliphatic rings. The molecule has 0 saturated heterocycles. The Morgan fingerprint density at radius 3 is 1.58 bits per heavy atom. The van der Waals surface area contributed by atoms with Crippen LogP contribution < -0.4 is 0 Å². The zero-order valence-electron chi connectivity index (χ0n) is 14.5. The van der Waals surface area contributed by atoms with Crippen LogP contribution in [0.1, 0.15) is 68.1 Å². The van der Waals surface area contributed by atoms with E-state index in [0.29, 0.717) is 0 Å². The summed E-state index contributed by atoms with van der Waals surface area (Å²) >= 11 is 0. The third-order valence-corrected chi connectivity index (χ3v) is 3.13. The van der Waals surface area contributed by atoms with E-state index in [2.05, 4.69) is 50.3 Å². The molecule has 19 heavy (non-hydrogen) atoms. The van der Waals surface area contributed by atoms with Crippen molar-refractivity contribution >= 4 is 0 Å². The molecule has 0 unspecified atom stereocenters. The second-order valence-electron chi connectivity index (χ2n) is 4.82. The first kappa shape index (κ1) is 18.8. The van der Waals surface area contributed by atoms with Crippen molar-refractivity contribution in [1.82, 2.24) is 0 Å². The minimum atomic E-state index is 0. The van der Waals surface area contributed by atoms with Crippen molar-refractivity contribution in [3.8, 4) is 0 Å². The van der Waals surface area contributed by atoms with Gasteiger partial charge in [0.25, 0.3) is 0 Å². The second-order valence-corrected chi connectivity index (χ2v) is 4.82. The zero-order chi connectivity index (χ0) is 13.1. The van der Waals surface area contributed by atoms with Gasteiger partial charge in [-0.1, -0.05) is 52.4 Å². The molecule has 0 aromatic carbocycles. The molecule has 0 saturated carbocycles. The summed E-state index contributed by atoms with van der Waals surface area (Å²) in [5, 5.41) is 0. The van der Waals surface area contributed by atoms with E-state index >= 15 is 0 Å². The van der Waals surface area contributed by atoms with Gasteiger partial charge in [0.2, 0.25) is 0 Å². The van der Waals surface area contributed by atoms with Gasteiger partial charge in [-0.25, -0.2) is 23.3 Å². The molecular weight excluding hydrogens is 395 g/mol. The fraction of sp³-hybridized carbons (Fsp3) is 0.556. The van der Waals surface area contributed by atoms with Gasteiger partial charge in [0.1, 0.15) is 0 Å². The molecule has 0 bridgehead atoms. The number of rotatable bonds is 6. The predicted molar refractivity (Wildman–Crippen MR) is 82.3 cm³/mol. The van der Waals surface area contributed by atoms with Crippen LogP contribution in [0.15, 0.2) is 35.5 Å². The molecule has 2 rings (SSSR count). The molecule has 0 aromatic rings. The molecule has 0 radical (unpaired) electrons. The summed E-state index contributed by atoms with van der Waals surface area (Å²) in [5.74, 6) is 0. The van der Waals surface area contributed by atoms with Crippen molar-refractivity contribution in [2.75, 3.05) is 0 Å². The SMILES string of the molecule is CCCCC1=[C-]CC=C1.CCCCC1=[C-]CC=C1.[H-].[H-].[Hf+4]. The van der Waals surface area contributed by atoms with Crippen LogP contribution in [-0.2, 0) is 25.8 Å². The van der Waals surface area contributed by atoms with Gasteiger partial charge in [-0.15, -0.1) is 12.8 Å². The molecule has 0 nitrogen and oxygen atoms in total. The Balaban J connectivity index is -0.000000270. The minimum absolute atomic E-state index is 0. The van der Waals surface area contributed by atoms with E-state index in [4.69, 9.17) is 0 Å². The van der Waals surface area contributed by atoms with Gasteiger partial charge in [-0.2, -0.15) is 12.2 Å². The molecule has 0 heterocycles. The van der Waals surface area contributed by atoms with Gasteiger partial charge in [0.15, 0.2) is 0 Å². The maximum absolute atomic E-state index is 3.30. The molecule has 104 valence electrons. The molecule has 0 amide bonds. The summed E-state index contributed by atoms with van der Waals surface area (Å²) in [6.07, 6.45) is 25.1. The van der Waals surface area contributed by atoms with Crippen molar-refractivity contribution in [3.63, 3.8) is 0 Å². The number of allylic oxidation sites excluding steroid dienone is 8. The third kappa shape index (κ3) is 9.38. The maximum atomic E-state index is 3.30. The number of hydrogen-bond donors (Lipinski definition) is 0. The summed E-state index contributed by atoms with van der Waals surface area (Å²) in [5.41, 5.74) is 2.83. The van der Waals surface area contributed by atoms with Crippen molar-refractivity contribution in [2.24, 2.45) is 0 Å². The fourth-order valence-electron chi connectivity index (χ4n) is 1.98. The van der Waals surface area contributed by atoms with Crippen LogP contribution in [0.3, 0.4) is 0 Å². The summed E-state index contributed by atoms with van der Waals surface area (Å²) < 4.78 is 0. The topological polar surface area (TPSA) is 0 Å². The first-order valence-corrected chi connectivity index (χ1v) is 7.39. The average molecular weight is 423 g/mol. The van der Waals surface area contributed by atoms with E-state index in [0.717, 1.165) is 12.8 Å². The Morgan fingerprint density at radius 1 is 0.895 bits per heavy atom. The Labute approximate surface area is 141 Å². The molecule has 2 aliphatic carbocycles. The van der Waals surface area contributed by atoms with E-state index in [1.807, 2.05) is 0 Å². The van der Waals surface area contributed by atoms with Gasteiger partial charge in [0.05, 0.1) is 0 Å². The monoisotopic (exact) mass is 424 g/mol. The standard InChI is InChI=1S/2C9H13.Hf.2H/c2*1-2-3-6-9-7-4-5-8-9;;;/h2*4,7H,2-3,5-6H2,1H3;;;/q2*-1;+4;2*-1. The largest absolute Gasteiger partial charge is 4.00 e. The normalized spacial score (nSPS) is 15.5. The maximum Gasteiger partial charge on any atom is 4.00 e. The van der Waals surface area contributed by atoms with Crippen LogP contribution in [-0.4, -0.2) is 0 Å². The average Bonchev–Trinajstić information content (AvgIpc) is 3.07. The summed E-state index contributed by atoms with van der Waals surface area (Å²) in [4.78, 5) is 0. The van der Waals surface area contributed by atoms with Crippen molar-refractivity contribution in [3.05, 3.63) is 47.6 Å². The minimum Gasteiger partial charge on any atom is -1.00 e. The summed E-state index contributed by atoms with van der Waals surface area (Å²) in [7, 11) is 0.